The number of hydrogen-bond donors (Lipinski definition) is 3. The normalized spacial score (nSPS) is 16.6. The van der Waals surface area contributed by atoms with Crippen molar-refractivity contribution in [2.75, 3.05) is 24.4 Å². The standard InChI is InChI=1S/C18H25N7O/c1-11(10-26-3)25-9-14(8-20-25)22-18-23-16-15(6-7-19-16)17(24-18)21-12(2)13-4-5-13/h6-9,11-13H,4-5,10H2,1-3H3,(H3,19,21,22,23,24)/t11?,12-/m1/s1. The minimum atomic E-state index is 0.166. The summed E-state index contributed by atoms with van der Waals surface area (Å²) in [5, 5.41) is 12.2. The van der Waals surface area contributed by atoms with Gasteiger partial charge in [-0.2, -0.15) is 15.1 Å². The van der Waals surface area contributed by atoms with E-state index >= 15 is 0 Å². The Morgan fingerprint density at radius 2 is 2.19 bits per heavy atom. The van der Waals surface area contributed by atoms with E-state index in [4.69, 9.17) is 9.72 Å². The third-order valence-electron chi connectivity index (χ3n) is 4.83. The van der Waals surface area contributed by atoms with Gasteiger partial charge in [-0.1, -0.05) is 0 Å². The molecular weight excluding hydrogens is 330 g/mol. The maximum absolute atomic E-state index is 5.18. The van der Waals surface area contributed by atoms with Crippen LogP contribution in [-0.2, 0) is 4.74 Å². The maximum atomic E-state index is 5.18. The minimum Gasteiger partial charge on any atom is -0.382 e. The van der Waals surface area contributed by atoms with Crippen molar-refractivity contribution in [2.45, 2.75) is 38.8 Å². The Morgan fingerprint density at radius 3 is 2.96 bits per heavy atom. The van der Waals surface area contributed by atoms with Crippen molar-refractivity contribution in [3.8, 4) is 0 Å². The van der Waals surface area contributed by atoms with Crippen molar-refractivity contribution in [3.05, 3.63) is 24.7 Å². The Balaban J connectivity index is 1.56. The number of anilines is 3. The van der Waals surface area contributed by atoms with Gasteiger partial charge >= 0.3 is 0 Å². The Labute approximate surface area is 152 Å². The second kappa shape index (κ2) is 6.95. The first-order chi connectivity index (χ1) is 12.6. The molecule has 26 heavy (non-hydrogen) atoms. The fourth-order valence-electron chi connectivity index (χ4n) is 3.13. The van der Waals surface area contributed by atoms with Gasteiger partial charge in [0.2, 0.25) is 5.95 Å². The van der Waals surface area contributed by atoms with Gasteiger partial charge in [0.15, 0.2) is 0 Å². The summed E-state index contributed by atoms with van der Waals surface area (Å²) in [6.07, 6.45) is 8.18. The molecule has 1 saturated carbocycles. The molecule has 1 aliphatic carbocycles. The van der Waals surface area contributed by atoms with Gasteiger partial charge in [0.1, 0.15) is 11.5 Å². The van der Waals surface area contributed by atoms with Crippen LogP contribution in [0.15, 0.2) is 24.7 Å². The first-order valence-corrected chi connectivity index (χ1v) is 9.06. The number of fused-ring (bicyclic) bond motifs is 1. The quantitative estimate of drug-likeness (QED) is 0.574. The first kappa shape index (κ1) is 16.8. The molecule has 2 atom stereocenters. The smallest absolute Gasteiger partial charge is 0.231 e. The van der Waals surface area contributed by atoms with Gasteiger partial charge in [-0.25, -0.2) is 0 Å². The summed E-state index contributed by atoms with van der Waals surface area (Å²) < 4.78 is 7.05. The molecular formula is C18H25N7O. The summed E-state index contributed by atoms with van der Waals surface area (Å²) in [5.74, 6) is 2.15. The molecule has 0 radical (unpaired) electrons. The number of ether oxygens (including phenoxy) is 1. The molecule has 1 aliphatic rings. The maximum Gasteiger partial charge on any atom is 0.231 e. The van der Waals surface area contributed by atoms with Crippen LogP contribution >= 0.6 is 0 Å². The topological polar surface area (TPSA) is 92.7 Å². The van der Waals surface area contributed by atoms with E-state index in [1.54, 1.807) is 13.3 Å². The molecule has 3 aromatic heterocycles. The number of hydrogen-bond acceptors (Lipinski definition) is 6. The number of H-pyrrole nitrogens is 1. The highest BCUT2D eigenvalue weighted by atomic mass is 16.5. The van der Waals surface area contributed by atoms with Gasteiger partial charge in [0.05, 0.1) is 29.9 Å². The summed E-state index contributed by atoms with van der Waals surface area (Å²) in [5.41, 5.74) is 1.66. The van der Waals surface area contributed by atoms with Crippen LogP contribution < -0.4 is 10.6 Å². The van der Waals surface area contributed by atoms with Crippen LogP contribution in [0.1, 0.15) is 32.7 Å². The van der Waals surface area contributed by atoms with Crippen LogP contribution in [0.3, 0.4) is 0 Å². The highest BCUT2D eigenvalue weighted by Crippen LogP contribution is 2.34. The largest absolute Gasteiger partial charge is 0.382 e. The van der Waals surface area contributed by atoms with E-state index in [9.17, 15) is 0 Å². The van der Waals surface area contributed by atoms with Crippen molar-refractivity contribution >= 4 is 28.5 Å². The second-order valence-electron chi connectivity index (χ2n) is 7.04. The summed E-state index contributed by atoms with van der Waals surface area (Å²) in [4.78, 5) is 12.4. The van der Waals surface area contributed by atoms with Crippen molar-refractivity contribution in [2.24, 2.45) is 5.92 Å². The second-order valence-corrected chi connectivity index (χ2v) is 7.04. The van der Waals surface area contributed by atoms with Crippen molar-refractivity contribution in [3.63, 3.8) is 0 Å². The third kappa shape index (κ3) is 3.50. The van der Waals surface area contributed by atoms with Gasteiger partial charge in [-0.15, -0.1) is 0 Å². The van der Waals surface area contributed by atoms with Gasteiger partial charge in [0.25, 0.3) is 0 Å². The first-order valence-electron chi connectivity index (χ1n) is 9.06. The molecule has 3 heterocycles. The minimum absolute atomic E-state index is 0.166. The number of aromatic nitrogens is 5. The van der Waals surface area contributed by atoms with Gasteiger partial charge < -0.3 is 20.4 Å². The van der Waals surface area contributed by atoms with Crippen LogP contribution in [0.4, 0.5) is 17.5 Å². The van der Waals surface area contributed by atoms with E-state index in [1.807, 2.05) is 23.1 Å². The zero-order valence-corrected chi connectivity index (χ0v) is 15.4. The summed E-state index contributed by atoms with van der Waals surface area (Å²) in [6.45, 7) is 4.88. The molecule has 0 aromatic carbocycles. The van der Waals surface area contributed by atoms with Crippen molar-refractivity contribution in [1.82, 2.24) is 24.7 Å². The summed E-state index contributed by atoms with van der Waals surface area (Å²) in [6, 6.07) is 2.58. The Bertz CT molecular complexity index is 883. The zero-order valence-electron chi connectivity index (χ0n) is 15.4. The van der Waals surface area contributed by atoms with Crippen LogP contribution in [0, 0.1) is 5.92 Å². The SMILES string of the molecule is COCC(C)n1cc(Nc2nc(N[C@H](C)C3CC3)c3cc[nH]c3n2)cn1. The molecule has 0 aliphatic heterocycles. The molecule has 8 heteroatoms. The van der Waals surface area contributed by atoms with E-state index in [0.717, 1.165) is 28.5 Å². The Kier molecular flexibility index (Phi) is 4.50. The Hall–Kier alpha value is -2.61. The van der Waals surface area contributed by atoms with Crippen LogP contribution in [0.5, 0.6) is 0 Å². The highest BCUT2D eigenvalue weighted by molar-refractivity contribution is 5.88. The number of methoxy groups -OCH3 is 1. The van der Waals surface area contributed by atoms with Crippen molar-refractivity contribution < 1.29 is 4.74 Å². The van der Waals surface area contributed by atoms with E-state index in [0.29, 0.717) is 18.6 Å². The van der Waals surface area contributed by atoms with E-state index in [-0.39, 0.29) is 6.04 Å². The lowest BCUT2D eigenvalue weighted by molar-refractivity contribution is 0.157. The molecule has 0 amide bonds. The van der Waals surface area contributed by atoms with Gasteiger partial charge in [0, 0.05) is 25.5 Å². The summed E-state index contributed by atoms with van der Waals surface area (Å²) >= 11 is 0. The predicted octanol–water partition coefficient (Wildman–Crippen LogP) is 3.32. The molecule has 0 bridgehead atoms. The molecule has 4 rings (SSSR count). The Morgan fingerprint density at radius 1 is 1.35 bits per heavy atom. The van der Waals surface area contributed by atoms with Crippen LogP contribution in [-0.4, -0.2) is 44.5 Å². The molecule has 1 fully saturated rings. The van der Waals surface area contributed by atoms with E-state index in [1.165, 1.54) is 12.8 Å². The lowest BCUT2D eigenvalue weighted by Crippen LogP contribution is -2.18. The van der Waals surface area contributed by atoms with E-state index < -0.39 is 0 Å². The molecule has 1 unspecified atom stereocenters. The fourth-order valence-corrected chi connectivity index (χ4v) is 3.13. The van der Waals surface area contributed by atoms with Gasteiger partial charge in [-0.05, 0) is 38.7 Å². The number of nitrogens with one attached hydrogen (secondary N) is 3. The zero-order chi connectivity index (χ0) is 18.1. The molecule has 3 aromatic rings. The molecule has 3 N–H and O–H groups in total. The average Bonchev–Trinajstić information content (AvgIpc) is 3.18. The molecule has 8 nitrogen and oxygen atoms in total. The van der Waals surface area contributed by atoms with Gasteiger partial charge in [-0.3, -0.25) is 4.68 Å². The number of aromatic amines is 1. The lowest BCUT2D eigenvalue weighted by Gasteiger charge is -2.15. The van der Waals surface area contributed by atoms with E-state index in [2.05, 4.69) is 39.5 Å². The fraction of sp³-hybridized carbons (Fsp3) is 0.500. The highest BCUT2D eigenvalue weighted by Gasteiger charge is 2.28. The number of rotatable bonds is 8. The average molecular weight is 355 g/mol. The van der Waals surface area contributed by atoms with Crippen LogP contribution in [0.25, 0.3) is 11.0 Å². The monoisotopic (exact) mass is 355 g/mol. The van der Waals surface area contributed by atoms with Crippen molar-refractivity contribution in [1.29, 1.82) is 0 Å². The number of nitrogens with zero attached hydrogens (tertiary/aromatic N) is 4. The van der Waals surface area contributed by atoms with Crippen LogP contribution in [0.2, 0.25) is 0 Å². The third-order valence-corrected chi connectivity index (χ3v) is 4.83. The predicted molar refractivity (Wildman–Crippen MR) is 102 cm³/mol. The molecule has 138 valence electrons. The molecule has 0 spiro atoms. The summed E-state index contributed by atoms with van der Waals surface area (Å²) in [7, 11) is 1.69. The molecule has 0 saturated heterocycles. The lowest BCUT2D eigenvalue weighted by atomic mass is 10.2.